The number of aryl methyl sites for hydroxylation is 1. The molecule has 1 fully saturated rings. The van der Waals surface area contributed by atoms with Crippen LogP contribution in [-0.4, -0.2) is 45.8 Å². The van der Waals surface area contributed by atoms with E-state index in [9.17, 15) is 0 Å². The van der Waals surface area contributed by atoms with E-state index in [4.69, 9.17) is 0 Å². The number of rotatable bonds is 4. The summed E-state index contributed by atoms with van der Waals surface area (Å²) in [6, 6.07) is 6.54. The Labute approximate surface area is 126 Å². The second kappa shape index (κ2) is 5.95. The molecule has 1 saturated heterocycles. The van der Waals surface area contributed by atoms with Gasteiger partial charge in [0.15, 0.2) is 5.82 Å². The zero-order chi connectivity index (χ0) is 14.8. The van der Waals surface area contributed by atoms with Crippen LogP contribution in [0.5, 0.6) is 0 Å². The number of pyridine rings is 1. The molecule has 5 nitrogen and oxygen atoms in total. The van der Waals surface area contributed by atoms with Gasteiger partial charge in [0.1, 0.15) is 0 Å². The fraction of sp³-hybridized carbons (Fsp3) is 0.500. The van der Waals surface area contributed by atoms with E-state index < -0.39 is 0 Å². The summed E-state index contributed by atoms with van der Waals surface area (Å²) in [4.78, 5) is 6.83. The molecular formula is C16H23N5. The maximum Gasteiger partial charge on any atom is 0.153 e. The second-order valence-electron chi connectivity index (χ2n) is 5.81. The number of nitrogens with one attached hydrogen (secondary N) is 1. The van der Waals surface area contributed by atoms with Crippen molar-refractivity contribution in [2.45, 2.75) is 32.9 Å². The van der Waals surface area contributed by atoms with Gasteiger partial charge >= 0.3 is 0 Å². The number of nitrogens with zero attached hydrogens (tertiary/aromatic N) is 4. The summed E-state index contributed by atoms with van der Waals surface area (Å²) in [7, 11) is 2.20. The van der Waals surface area contributed by atoms with Gasteiger partial charge in [0.05, 0.1) is 5.69 Å². The van der Waals surface area contributed by atoms with Crippen LogP contribution in [0.25, 0.3) is 5.82 Å². The highest BCUT2D eigenvalue weighted by atomic mass is 15.3. The van der Waals surface area contributed by atoms with Gasteiger partial charge in [-0.1, -0.05) is 6.07 Å². The summed E-state index contributed by atoms with van der Waals surface area (Å²) in [5, 5.41) is 8.10. The van der Waals surface area contributed by atoms with Crippen LogP contribution >= 0.6 is 0 Å². The number of aromatic nitrogens is 3. The first kappa shape index (κ1) is 14.2. The van der Waals surface area contributed by atoms with Crippen molar-refractivity contribution in [2.24, 2.45) is 0 Å². The van der Waals surface area contributed by atoms with E-state index in [-0.39, 0.29) is 0 Å². The van der Waals surface area contributed by atoms with Crippen LogP contribution in [0, 0.1) is 13.8 Å². The lowest BCUT2D eigenvalue weighted by Crippen LogP contribution is -2.33. The van der Waals surface area contributed by atoms with E-state index in [1.165, 1.54) is 17.7 Å². The summed E-state index contributed by atoms with van der Waals surface area (Å²) in [6.07, 6.45) is 3.03. The van der Waals surface area contributed by atoms with Crippen molar-refractivity contribution >= 4 is 0 Å². The second-order valence-corrected chi connectivity index (χ2v) is 5.81. The monoisotopic (exact) mass is 285 g/mol. The molecule has 0 radical (unpaired) electrons. The topological polar surface area (TPSA) is 46.0 Å². The van der Waals surface area contributed by atoms with Crippen molar-refractivity contribution in [1.82, 2.24) is 25.0 Å². The maximum absolute atomic E-state index is 4.67. The Morgan fingerprint density at radius 3 is 2.90 bits per heavy atom. The number of likely N-dealkylation sites (N-methyl/N-ethyl adjacent to an activating group) is 1. The Morgan fingerprint density at radius 2 is 2.24 bits per heavy atom. The predicted molar refractivity (Wildman–Crippen MR) is 83.6 cm³/mol. The molecule has 0 aromatic carbocycles. The van der Waals surface area contributed by atoms with E-state index >= 15 is 0 Å². The fourth-order valence-electron chi connectivity index (χ4n) is 3.00. The quantitative estimate of drug-likeness (QED) is 0.928. The summed E-state index contributed by atoms with van der Waals surface area (Å²) in [5.74, 6) is 0.884. The molecule has 1 N–H and O–H groups in total. The summed E-state index contributed by atoms with van der Waals surface area (Å²) < 4.78 is 1.95. The first-order chi connectivity index (χ1) is 10.2. The molecule has 2 aromatic rings. The minimum absolute atomic E-state index is 0.627. The molecule has 21 heavy (non-hydrogen) atoms. The van der Waals surface area contributed by atoms with Gasteiger partial charge in [0, 0.05) is 36.6 Å². The Kier molecular flexibility index (Phi) is 4.03. The van der Waals surface area contributed by atoms with Gasteiger partial charge in [-0.2, -0.15) is 5.10 Å². The Morgan fingerprint density at radius 1 is 1.38 bits per heavy atom. The lowest BCUT2D eigenvalue weighted by atomic mass is 10.1. The molecule has 3 rings (SSSR count). The smallest absolute Gasteiger partial charge is 0.153 e. The molecule has 0 aliphatic carbocycles. The first-order valence-electron chi connectivity index (χ1n) is 7.54. The molecule has 112 valence electrons. The van der Waals surface area contributed by atoms with Gasteiger partial charge in [0.25, 0.3) is 0 Å². The third-order valence-corrected chi connectivity index (χ3v) is 4.37. The number of hydrogen-bond acceptors (Lipinski definition) is 4. The first-order valence-corrected chi connectivity index (χ1v) is 7.54. The van der Waals surface area contributed by atoms with Crippen LogP contribution < -0.4 is 5.32 Å². The lowest BCUT2D eigenvalue weighted by Gasteiger charge is -2.23. The highest BCUT2D eigenvalue weighted by molar-refractivity contribution is 5.32. The van der Waals surface area contributed by atoms with Gasteiger partial charge < -0.3 is 5.32 Å². The predicted octanol–water partition coefficient (Wildman–Crippen LogP) is 1.68. The summed E-state index contributed by atoms with van der Waals surface area (Å²) in [5.41, 5.74) is 3.59. The van der Waals surface area contributed by atoms with Crippen molar-refractivity contribution in [1.29, 1.82) is 0 Å². The van der Waals surface area contributed by atoms with E-state index in [1.807, 2.05) is 29.1 Å². The van der Waals surface area contributed by atoms with E-state index in [2.05, 4.69) is 41.2 Å². The summed E-state index contributed by atoms with van der Waals surface area (Å²) in [6.45, 7) is 7.37. The largest absolute Gasteiger partial charge is 0.315 e. The number of hydrogen-bond donors (Lipinski definition) is 1. The molecule has 0 spiro atoms. The third kappa shape index (κ3) is 2.84. The van der Waals surface area contributed by atoms with Crippen LogP contribution in [0.15, 0.2) is 24.4 Å². The maximum atomic E-state index is 4.67. The van der Waals surface area contributed by atoms with Crippen LogP contribution in [0.4, 0.5) is 0 Å². The summed E-state index contributed by atoms with van der Waals surface area (Å²) >= 11 is 0. The zero-order valence-electron chi connectivity index (χ0n) is 13.0. The van der Waals surface area contributed by atoms with Gasteiger partial charge in [-0.05, 0) is 46.0 Å². The normalized spacial score (nSPS) is 18.6. The average molecular weight is 285 g/mol. The van der Waals surface area contributed by atoms with Crippen LogP contribution in [0.1, 0.15) is 23.4 Å². The molecule has 1 aliphatic heterocycles. The Hall–Kier alpha value is -1.72. The minimum Gasteiger partial charge on any atom is -0.315 e. The standard InChI is InChI=1S/C16H23N5/c1-12-15(11-20(3)14-7-9-17-10-14)13(2)21(19-12)16-6-4-5-8-18-16/h4-6,8,14,17H,7,9-11H2,1-3H3. The van der Waals surface area contributed by atoms with Crippen molar-refractivity contribution in [2.75, 3.05) is 20.1 Å². The van der Waals surface area contributed by atoms with Crippen molar-refractivity contribution in [3.63, 3.8) is 0 Å². The zero-order valence-corrected chi connectivity index (χ0v) is 13.0. The molecule has 1 unspecified atom stereocenters. The van der Waals surface area contributed by atoms with Gasteiger partial charge in [-0.15, -0.1) is 0 Å². The minimum atomic E-state index is 0.627. The van der Waals surface area contributed by atoms with E-state index in [0.29, 0.717) is 6.04 Å². The molecule has 0 saturated carbocycles. The lowest BCUT2D eigenvalue weighted by molar-refractivity contribution is 0.248. The molecule has 1 aliphatic rings. The van der Waals surface area contributed by atoms with Crippen LogP contribution in [0.2, 0.25) is 0 Å². The third-order valence-electron chi connectivity index (χ3n) is 4.37. The molecular weight excluding hydrogens is 262 g/mol. The Bertz CT molecular complexity index is 599. The van der Waals surface area contributed by atoms with E-state index in [0.717, 1.165) is 31.1 Å². The molecule has 5 heteroatoms. The highest BCUT2D eigenvalue weighted by Gasteiger charge is 2.22. The average Bonchev–Trinajstić information content (AvgIpc) is 3.12. The highest BCUT2D eigenvalue weighted by Crippen LogP contribution is 2.20. The van der Waals surface area contributed by atoms with Gasteiger partial charge in [0.2, 0.25) is 0 Å². The van der Waals surface area contributed by atoms with Crippen LogP contribution in [0.3, 0.4) is 0 Å². The van der Waals surface area contributed by atoms with Crippen molar-refractivity contribution < 1.29 is 0 Å². The fourth-order valence-corrected chi connectivity index (χ4v) is 3.00. The van der Waals surface area contributed by atoms with Gasteiger partial charge in [-0.3, -0.25) is 4.90 Å². The SMILES string of the molecule is Cc1nn(-c2ccccn2)c(C)c1CN(C)C1CCNC1. The molecule has 0 amide bonds. The Balaban J connectivity index is 1.84. The van der Waals surface area contributed by atoms with Crippen molar-refractivity contribution in [3.8, 4) is 5.82 Å². The molecule has 2 aromatic heterocycles. The molecule has 0 bridgehead atoms. The van der Waals surface area contributed by atoms with E-state index in [1.54, 1.807) is 0 Å². The molecule has 3 heterocycles. The van der Waals surface area contributed by atoms with Crippen LogP contribution in [-0.2, 0) is 6.54 Å². The van der Waals surface area contributed by atoms with Crippen molar-refractivity contribution in [3.05, 3.63) is 41.3 Å². The molecule has 1 atom stereocenters. The van der Waals surface area contributed by atoms with Gasteiger partial charge in [-0.25, -0.2) is 9.67 Å².